The summed E-state index contributed by atoms with van der Waals surface area (Å²) in [5, 5.41) is 19.2. The molecule has 0 aliphatic carbocycles. The third-order valence-corrected chi connectivity index (χ3v) is 7.67. The van der Waals surface area contributed by atoms with Gasteiger partial charge in [0.15, 0.2) is 0 Å². The molecule has 9 nitrogen and oxygen atoms in total. The van der Waals surface area contributed by atoms with Gasteiger partial charge in [-0.15, -0.1) is 0 Å². The van der Waals surface area contributed by atoms with E-state index in [1.807, 2.05) is 14.0 Å². The van der Waals surface area contributed by atoms with Crippen molar-refractivity contribution in [1.29, 1.82) is 0 Å². The van der Waals surface area contributed by atoms with Crippen LogP contribution in [0, 0.1) is 17.8 Å². The highest BCUT2D eigenvalue weighted by atomic mass is 32.2. The largest absolute Gasteiger partial charge is 0.487 e. The van der Waals surface area contributed by atoms with Gasteiger partial charge < -0.3 is 14.9 Å². The maximum atomic E-state index is 13.5. The number of hydrogen-bond donors (Lipinski definition) is 2. The van der Waals surface area contributed by atoms with Crippen LogP contribution >= 0.6 is 0 Å². The average molecular weight is 489 g/mol. The number of fused-ring (bicyclic) bond motifs is 1. The van der Waals surface area contributed by atoms with E-state index in [1.54, 1.807) is 38.4 Å². The monoisotopic (exact) mass is 488 g/mol. The van der Waals surface area contributed by atoms with E-state index in [-0.39, 0.29) is 35.8 Å². The second-order valence-electron chi connectivity index (χ2n) is 8.79. The number of benzene rings is 1. The van der Waals surface area contributed by atoms with E-state index in [4.69, 9.17) is 4.74 Å². The first-order valence-corrected chi connectivity index (χ1v) is 12.6. The Morgan fingerprint density at radius 3 is 2.65 bits per heavy atom. The maximum Gasteiger partial charge on any atom is 0.247 e. The van der Waals surface area contributed by atoms with Crippen molar-refractivity contribution in [2.45, 2.75) is 50.5 Å². The molecule has 10 heteroatoms. The molecule has 0 saturated heterocycles. The molecule has 4 atom stereocenters. The minimum atomic E-state index is -3.91. The fourth-order valence-corrected chi connectivity index (χ4v) is 5.63. The molecule has 2 heterocycles. The molecular formula is C24H32N4O5S. The topological polar surface area (TPSA) is 116 Å². The van der Waals surface area contributed by atoms with E-state index < -0.39 is 22.2 Å². The quantitative estimate of drug-likeness (QED) is 0.581. The summed E-state index contributed by atoms with van der Waals surface area (Å²) in [5.74, 6) is 5.56. The number of sulfonamides is 1. The number of aliphatic hydroxyl groups excluding tert-OH is 2. The van der Waals surface area contributed by atoms with Crippen LogP contribution in [0.1, 0.15) is 31.9 Å². The van der Waals surface area contributed by atoms with Crippen molar-refractivity contribution in [3.05, 3.63) is 48.0 Å². The fraction of sp³-hybridized carbons (Fsp3) is 0.500. The van der Waals surface area contributed by atoms with Gasteiger partial charge in [-0.25, -0.2) is 18.4 Å². The van der Waals surface area contributed by atoms with Gasteiger partial charge in [-0.1, -0.05) is 18.8 Å². The lowest BCUT2D eigenvalue weighted by Crippen LogP contribution is -2.49. The van der Waals surface area contributed by atoms with E-state index in [0.29, 0.717) is 18.7 Å². The summed E-state index contributed by atoms with van der Waals surface area (Å²) in [6.07, 6.45) is 3.85. The first-order chi connectivity index (χ1) is 16.1. The van der Waals surface area contributed by atoms with E-state index in [2.05, 4.69) is 26.7 Å². The zero-order valence-corrected chi connectivity index (χ0v) is 20.7. The molecule has 0 radical (unpaired) electrons. The third-order valence-electron chi connectivity index (χ3n) is 5.65. The van der Waals surface area contributed by atoms with E-state index in [9.17, 15) is 18.6 Å². The van der Waals surface area contributed by atoms with Crippen molar-refractivity contribution in [2.75, 3.05) is 26.7 Å². The van der Waals surface area contributed by atoms with Gasteiger partial charge in [0.05, 0.1) is 6.61 Å². The minimum Gasteiger partial charge on any atom is -0.487 e. The Balaban J connectivity index is 1.99. The molecule has 0 unspecified atom stereocenters. The number of aliphatic hydroxyl groups is 2. The van der Waals surface area contributed by atoms with Crippen LogP contribution in [0.3, 0.4) is 0 Å². The van der Waals surface area contributed by atoms with Gasteiger partial charge in [0.25, 0.3) is 0 Å². The Morgan fingerprint density at radius 1 is 1.29 bits per heavy atom. The van der Waals surface area contributed by atoms with E-state index in [0.717, 1.165) is 5.56 Å². The van der Waals surface area contributed by atoms with Crippen LogP contribution in [-0.2, 0) is 16.6 Å². The Hall–Kier alpha value is -2.55. The highest BCUT2D eigenvalue weighted by Gasteiger charge is 2.38. The van der Waals surface area contributed by atoms with Gasteiger partial charge in [0, 0.05) is 55.1 Å². The van der Waals surface area contributed by atoms with Gasteiger partial charge in [-0.3, -0.25) is 4.90 Å². The third kappa shape index (κ3) is 6.31. The summed E-state index contributed by atoms with van der Waals surface area (Å²) in [4.78, 5) is 10.2. The Bertz CT molecular complexity index is 1130. The summed E-state index contributed by atoms with van der Waals surface area (Å²) >= 11 is 0. The van der Waals surface area contributed by atoms with Crippen molar-refractivity contribution in [2.24, 2.45) is 5.92 Å². The van der Waals surface area contributed by atoms with Gasteiger partial charge in [-0.05, 0) is 39.1 Å². The van der Waals surface area contributed by atoms with E-state index in [1.165, 1.54) is 16.7 Å². The van der Waals surface area contributed by atoms with Gasteiger partial charge in [0.2, 0.25) is 10.0 Å². The molecule has 184 valence electrons. The normalized spacial score (nSPS) is 21.9. The molecule has 0 amide bonds. The standard InChI is InChI=1S/C24H32N4O5S/c1-17-12-28(18(2)15-29)34(31,32)24-8-7-20(6-5-19(3)30)9-22(24)33-23(17)14-27(4)13-21-10-25-16-26-11-21/h7-11,16-19,23,29-30H,12-15H2,1-4H3/t17-,18+,19+,23+/m0/s1. The van der Waals surface area contributed by atoms with Crippen LogP contribution in [0.25, 0.3) is 0 Å². The molecule has 2 aromatic rings. The maximum absolute atomic E-state index is 13.5. The second-order valence-corrected chi connectivity index (χ2v) is 10.6. The van der Waals surface area contributed by atoms with Gasteiger partial charge >= 0.3 is 0 Å². The van der Waals surface area contributed by atoms with Crippen LogP contribution in [-0.4, -0.2) is 82.8 Å². The van der Waals surface area contributed by atoms with Crippen molar-refractivity contribution in [3.63, 3.8) is 0 Å². The van der Waals surface area contributed by atoms with Crippen LogP contribution in [0.2, 0.25) is 0 Å². The molecular weight excluding hydrogens is 456 g/mol. The van der Waals surface area contributed by atoms with Crippen molar-refractivity contribution < 1.29 is 23.4 Å². The fourth-order valence-electron chi connectivity index (χ4n) is 3.80. The van der Waals surface area contributed by atoms with Gasteiger partial charge in [-0.2, -0.15) is 4.31 Å². The Labute approximate surface area is 201 Å². The minimum absolute atomic E-state index is 0.0337. The number of hydrogen-bond acceptors (Lipinski definition) is 8. The first-order valence-electron chi connectivity index (χ1n) is 11.2. The Kier molecular flexibility index (Phi) is 8.62. The summed E-state index contributed by atoms with van der Waals surface area (Å²) in [6.45, 7) is 6.24. The SMILES string of the molecule is C[C@H](CO)N1C[C@H](C)[C@@H](CN(C)Cc2cncnc2)Oc2cc(C#C[C@@H](C)O)ccc2S1(=O)=O. The molecule has 1 aliphatic rings. The lowest BCUT2D eigenvalue weighted by molar-refractivity contribution is 0.0733. The molecule has 3 rings (SSSR count). The number of rotatable bonds is 6. The Morgan fingerprint density at radius 2 is 2.00 bits per heavy atom. The highest BCUT2D eigenvalue weighted by Crippen LogP contribution is 2.34. The first kappa shape index (κ1) is 26.1. The summed E-state index contributed by atoms with van der Waals surface area (Å²) in [7, 11) is -1.96. The van der Waals surface area contributed by atoms with Crippen molar-refractivity contribution in [1.82, 2.24) is 19.2 Å². The summed E-state index contributed by atoms with van der Waals surface area (Å²) in [5.41, 5.74) is 1.50. The smallest absolute Gasteiger partial charge is 0.247 e. The molecule has 1 aromatic carbocycles. The molecule has 0 bridgehead atoms. The zero-order valence-electron chi connectivity index (χ0n) is 19.9. The molecule has 34 heavy (non-hydrogen) atoms. The van der Waals surface area contributed by atoms with Crippen LogP contribution in [0.5, 0.6) is 5.75 Å². The zero-order chi connectivity index (χ0) is 24.9. The lowest BCUT2D eigenvalue weighted by Gasteiger charge is -2.37. The number of aromatic nitrogens is 2. The van der Waals surface area contributed by atoms with Crippen LogP contribution < -0.4 is 4.74 Å². The molecule has 1 aliphatic heterocycles. The lowest BCUT2D eigenvalue weighted by atomic mass is 10.0. The van der Waals surface area contributed by atoms with E-state index >= 15 is 0 Å². The number of nitrogens with zero attached hydrogens (tertiary/aromatic N) is 4. The van der Waals surface area contributed by atoms with Crippen LogP contribution in [0.15, 0.2) is 41.8 Å². The number of likely N-dealkylation sites (N-methyl/N-ethyl adjacent to an activating group) is 1. The van der Waals surface area contributed by atoms with Crippen LogP contribution in [0.4, 0.5) is 0 Å². The summed E-state index contributed by atoms with van der Waals surface area (Å²) < 4.78 is 34.7. The predicted molar refractivity (Wildman–Crippen MR) is 127 cm³/mol. The highest BCUT2D eigenvalue weighted by molar-refractivity contribution is 7.89. The second kappa shape index (κ2) is 11.3. The average Bonchev–Trinajstić information content (AvgIpc) is 2.80. The predicted octanol–water partition coefficient (Wildman–Crippen LogP) is 1.11. The van der Waals surface area contributed by atoms with Crippen molar-refractivity contribution in [3.8, 4) is 17.6 Å². The molecule has 0 spiro atoms. The molecule has 1 aromatic heterocycles. The number of ether oxygens (including phenoxy) is 1. The molecule has 2 N–H and O–H groups in total. The van der Waals surface area contributed by atoms with Gasteiger partial charge in [0.1, 0.15) is 29.2 Å². The summed E-state index contributed by atoms with van der Waals surface area (Å²) in [6, 6.07) is 4.08. The van der Waals surface area contributed by atoms with Crippen molar-refractivity contribution >= 4 is 10.0 Å². The molecule has 0 fully saturated rings. The molecule has 0 saturated carbocycles.